The van der Waals surface area contributed by atoms with Gasteiger partial charge in [0.1, 0.15) is 11.8 Å². The number of nitrogens with one attached hydrogen (secondary N) is 1. The molecule has 0 unspecified atom stereocenters. The summed E-state index contributed by atoms with van der Waals surface area (Å²) >= 11 is 18.3. The van der Waals surface area contributed by atoms with Gasteiger partial charge in [0.05, 0.1) is 10.0 Å². The number of benzene rings is 3. The molecule has 0 saturated carbocycles. The highest BCUT2D eigenvalue weighted by molar-refractivity contribution is 6.42. The van der Waals surface area contributed by atoms with Crippen molar-refractivity contribution in [3.05, 3.63) is 99.0 Å². The summed E-state index contributed by atoms with van der Waals surface area (Å²) in [5.74, 6) is -0.103. The molecule has 0 heterocycles. The molecule has 36 heavy (non-hydrogen) atoms. The van der Waals surface area contributed by atoms with Gasteiger partial charge in [-0.15, -0.1) is 0 Å². The highest BCUT2D eigenvalue weighted by Crippen LogP contribution is 2.25. The van der Waals surface area contributed by atoms with Crippen molar-refractivity contribution in [1.82, 2.24) is 10.2 Å². The standard InChI is InChI=1S/C28H29Cl3N2O3/c1-28(2,3)32-27(35)25(16-19-7-5-4-6-8-19)33(17-20-9-14-23(30)24(31)15-20)26(34)18-36-22-12-10-21(29)11-13-22/h4-15,25H,16-18H2,1-3H3,(H,32,35)/t25-/m1/s1. The van der Waals surface area contributed by atoms with E-state index in [2.05, 4.69) is 5.32 Å². The molecule has 3 aromatic rings. The molecule has 0 aliphatic heterocycles. The van der Waals surface area contributed by atoms with Gasteiger partial charge in [-0.05, 0) is 68.3 Å². The van der Waals surface area contributed by atoms with Crippen molar-refractivity contribution >= 4 is 46.6 Å². The topological polar surface area (TPSA) is 58.6 Å². The van der Waals surface area contributed by atoms with Gasteiger partial charge in [-0.2, -0.15) is 0 Å². The first kappa shape index (κ1) is 27.9. The van der Waals surface area contributed by atoms with E-state index < -0.39 is 11.6 Å². The molecular weight excluding hydrogens is 519 g/mol. The summed E-state index contributed by atoms with van der Waals surface area (Å²) in [6, 6.07) is 20.7. The van der Waals surface area contributed by atoms with Gasteiger partial charge in [0.2, 0.25) is 5.91 Å². The van der Waals surface area contributed by atoms with Crippen LogP contribution < -0.4 is 10.1 Å². The molecule has 8 heteroatoms. The van der Waals surface area contributed by atoms with Crippen LogP contribution in [0.1, 0.15) is 31.9 Å². The molecule has 2 amide bonds. The monoisotopic (exact) mass is 546 g/mol. The Balaban J connectivity index is 1.94. The quantitative estimate of drug-likeness (QED) is 0.329. The number of nitrogens with zero attached hydrogens (tertiary/aromatic N) is 1. The third-order valence-corrected chi connectivity index (χ3v) is 6.27. The van der Waals surface area contributed by atoms with Crippen molar-refractivity contribution in [2.75, 3.05) is 6.61 Å². The number of carbonyl (C=O) groups is 2. The molecule has 0 aliphatic rings. The van der Waals surface area contributed by atoms with Crippen LogP contribution in [0, 0.1) is 0 Å². The SMILES string of the molecule is CC(C)(C)NC(=O)[C@@H](Cc1ccccc1)N(Cc1ccc(Cl)c(Cl)c1)C(=O)COc1ccc(Cl)cc1. The molecule has 0 fully saturated rings. The van der Waals surface area contributed by atoms with Crippen LogP contribution in [0.15, 0.2) is 72.8 Å². The molecule has 190 valence electrons. The van der Waals surface area contributed by atoms with Crippen LogP contribution in [0.5, 0.6) is 5.75 Å². The Morgan fingerprint density at radius 3 is 2.17 bits per heavy atom. The highest BCUT2D eigenvalue weighted by Gasteiger charge is 2.32. The van der Waals surface area contributed by atoms with E-state index in [0.29, 0.717) is 27.2 Å². The summed E-state index contributed by atoms with van der Waals surface area (Å²) in [6.45, 7) is 5.60. The summed E-state index contributed by atoms with van der Waals surface area (Å²) in [7, 11) is 0. The van der Waals surface area contributed by atoms with Crippen LogP contribution in [0.3, 0.4) is 0 Å². The minimum atomic E-state index is -0.789. The molecule has 3 rings (SSSR count). The smallest absolute Gasteiger partial charge is 0.261 e. The lowest BCUT2D eigenvalue weighted by Gasteiger charge is -2.33. The maximum absolute atomic E-state index is 13.6. The Bertz CT molecular complexity index is 1180. The number of halogens is 3. The van der Waals surface area contributed by atoms with E-state index in [4.69, 9.17) is 39.5 Å². The van der Waals surface area contributed by atoms with Gasteiger partial charge in [0.25, 0.3) is 5.91 Å². The van der Waals surface area contributed by atoms with Crippen LogP contribution in [0.4, 0.5) is 0 Å². The normalized spacial score (nSPS) is 12.1. The molecule has 0 aromatic heterocycles. The maximum Gasteiger partial charge on any atom is 0.261 e. The van der Waals surface area contributed by atoms with Crippen LogP contribution in [-0.2, 0) is 22.6 Å². The Labute approximate surface area is 227 Å². The van der Waals surface area contributed by atoms with E-state index in [1.165, 1.54) is 4.90 Å². The summed E-state index contributed by atoms with van der Waals surface area (Å²) in [5, 5.41) is 4.38. The zero-order chi connectivity index (χ0) is 26.3. The van der Waals surface area contributed by atoms with E-state index in [0.717, 1.165) is 11.1 Å². The predicted octanol–water partition coefficient (Wildman–Crippen LogP) is 6.58. The maximum atomic E-state index is 13.6. The first-order valence-electron chi connectivity index (χ1n) is 11.5. The van der Waals surface area contributed by atoms with Gasteiger partial charge in [-0.1, -0.05) is 71.2 Å². The van der Waals surface area contributed by atoms with E-state index in [9.17, 15) is 9.59 Å². The highest BCUT2D eigenvalue weighted by atomic mass is 35.5. The predicted molar refractivity (Wildman–Crippen MR) is 146 cm³/mol. The molecule has 0 saturated heterocycles. The Hall–Kier alpha value is -2.73. The Morgan fingerprint density at radius 2 is 1.56 bits per heavy atom. The molecular formula is C28H29Cl3N2O3. The van der Waals surface area contributed by atoms with Crippen LogP contribution in [-0.4, -0.2) is 34.9 Å². The number of hydrogen-bond donors (Lipinski definition) is 1. The number of rotatable bonds is 9. The fraction of sp³-hybridized carbons (Fsp3) is 0.286. The molecule has 5 nitrogen and oxygen atoms in total. The Morgan fingerprint density at radius 1 is 0.889 bits per heavy atom. The molecule has 3 aromatic carbocycles. The van der Waals surface area contributed by atoms with Crippen molar-refractivity contribution in [2.24, 2.45) is 0 Å². The van der Waals surface area contributed by atoms with Gasteiger partial charge in [0.15, 0.2) is 6.61 Å². The fourth-order valence-electron chi connectivity index (χ4n) is 3.60. The van der Waals surface area contributed by atoms with Gasteiger partial charge >= 0.3 is 0 Å². The molecule has 1 N–H and O–H groups in total. The van der Waals surface area contributed by atoms with Crippen molar-refractivity contribution in [2.45, 2.75) is 45.3 Å². The minimum absolute atomic E-state index is 0.148. The van der Waals surface area contributed by atoms with E-state index in [-0.39, 0.29) is 25.0 Å². The van der Waals surface area contributed by atoms with Crippen LogP contribution in [0.25, 0.3) is 0 Å². The third-order valence-electron chi connectivity index (χ3n) is 5.28. The van der Waals surface area contributed by atoms with Crippen molar-refractivity contribution in [1.29, 1.82) is 0 Å². The van der Waals surface area contributed by atoms with Crippen LogP contribution in [0.2, 0.25) is 15.1 Å². The van der Waals surface area contributed by atoms with Crippen molar-refractivity contribution in [3.63, 3.8) is 0 Å². The minimum Gasteiger partial charge on any atom is -0.484 e. The number of carbonyl (C=O) groups excluding carboxylic acids is 2. The van der Waals surface area contributed by atoms with Crippen LogP contribution >= 0.6 is 34.8 Å². The summed E-state index contributed by atoms with van der Waals surface area (Å²) in [4.78, 5) is 28.6. The van der Waals surface area contributed by atoms with Gasteiger partial charge in [0, 0.05) is 23.5 Å². The van der Waals surface area contributed by atoms with Gasteiger partial charge in [-0.25, -0.2) is 0 Å². The average molecular weight is 548 g/mol. The average Bonchev–Trinajstić information content (AvgIpc) is 2.82. The zero-order valence-corrected chi connectivity index (χ0v) is 22.7. The van der Waals surface area contributed by atoms with E-state index in [1.807, 2.05) is 51.1 Å². The lowest BCUT2D eigenvalue weighted by Crippen LogP contribution is -2.55. The molecule has 0 radical (unpaired) electrons. The summed E-state index contributed by atoms with van der Waals surface area (Å²) in [5.41, 5.74) is 1.19. The summed E-state index contributed by atoms with van der Waals surface area (Å²) < 4.78 is 5.74. The number of hydrogen-bond acceptors (Lipinski definition) is 3. The summed E-state index contributed by atoms with van der Waals surface area (Å²) in [6.07, 6.45) is 0.330. The molecule has 0 bridgehead atoms. The molecule has 1 atom stereocenters. The molecule has 0 spiro atoms. The fourth-order valence-corrected chi connectivity index (χ4v) is 4.05. The van der Waals surface area contributed by atoms with Gasteiger partial charge < -0.3 is 15.0 Å². The third kappa shape index (κ3) is 8.44. The number of ether oxygens (including phenoxy) is 1. The van der Waals surface area contributed by atoms with Crippen molar-refractivity contribution < 1.29 is 14.3 Å². The largest absolute Gasteiger partial charge is 0.484 e. The first-order valence-corrected chi connectivity index (χ1v) is 12.6. The zero-order valence-electron chi connectivity index (χ0n) is 20.4. The Kier molecular flexibility index (Phi) is 9.66. The van der Waals surface area contributed by atoms with Gasteiger partial charge in [-0.3, -0.25) is 9.59 Å². The lowest BCUT2D eigenvalue weighted by atomic mass is 10.0. The molecule has 0 aliphatic carbocycles. The second-order valence-corrected chi connectivity index (χ2v) is 10.7. The second-order valence-electron chi connectivity index (χ2n) is 9.46. The van der Waals surface area contributed by atoms with E-state index >= 15 is 0 Å². The van der Waals surface area contributed by atoms with Crippen molar-refractivity contribution in [3.8, 4) is 5.75 Å². The van der Waals surface area contributed by atoms with E-state index in [1.54, 1.807) is 42.5 Å². The second kappa shape index (κ2) is 12.5. The number of amides is 2. The lowest BCUT2D eigenvalue weighted by molar-refractivity contribution is -0.143. The first-order chi connectivity index (χ1) is 17.0.